The van der Waals surface area contributed by atoms with Gasteiger partial charge in [-0.1, -0.05) is 0 Å². The first-order chi connectivity index (χ1) is 12.2. The monoisotopic (exact) mass is 353 g/mol. The molecule has 0 bridgehead atoms. The van der Waals surface area contributed by atoms with Crippen LogP contribution in [0.4, 0.5) is 5.69 Å². The SMILES string of the molecule is COc1ccc(-c2nnc3n2N=Cc2cc([N+](=O)[O-])ccc2S3)cc1. The molecule has 0 radical (unpaired) electrons. The van der Waals surface area contributed by atoms with Gasteiger partial charge in [0.1, 0.15) is 5.75 Å². The minimum absolute atomic E-state index is 0.0267. The van der Waals surface area contributed by atoms with Crippen LogP contribution in [-0.2, 0) is 0 Å². The van der Waals surface area contributed by atoms with Crippen molar-refractivity contribution in [3.8, 4) is 17.1 Å². The van der Waals surface area contributed by atoms with Gasteiger partial charge in [0.2, 0.25) is 5.16 Å². The summed E-state index contributed by atoms with van der Waals surface area (Å²) in [7, 11) is 1.61. The molecule has 1 aliphatic heterocycles. The van der Waals surface area contributed by atoms with E-state index in [1.807, 2.05) is 24.3 Å². The molecule has 3 aromatic rings. The van der Waals surface area contributed by atoms with Gasteiger partial charge in [-0.15, -0.1) is 10.2 Å². The maximum atomic E-state index is 10.9. The summed E-state index contributed by atoms with van der Waals surface area (Å²) in [5, 5.41) is 24.3. The molecule has 25 heavy (non-hydrogen) atoms. The zero-order valence-corrected chi connectivity index (χ0v) is 13.8. The minimum Gasteiger partial charge on any atom is -0.497 e. The lowest BCUT2D eigenvalue weighted by atomic mass is 10.2. The van der Waals surface area contributed by atoms with E-state index in [0.717, 1.165) is 16.2 Å². The van der Waals surface area contributed by atoms with E-state index in [0.29, 0.717) is 16.5 Å². The Morgan fingerprint density at radius 3 is 2.68 bits per heavy atom. The van der Waals surface area contributed by atoms with Crippen LogP contribution < -0.4 is 4.74 Å². The van der Waals surface area contributed by atoms with Crippen molar-refractivity contribution in [1.82, 2.24) is 14.9 Å². The fourth-order valence-electron chi connectivity index (χ4n) is 2.41. The average Bonchev–Trinajstić information content (AvgIpc) is 2.94. The van der Waals surface area contributed by atoms with Crippen LogP contribution in [0.2, 0.25) is 0 Å². The van der Waals surface area contributed by atoms with Crippen LogP contribution in [0.5, 0.6) is 5.75 Å². The number of rotatable bonds is 3. The number of non-ortho nitro benzene ring substituents is 1. The third-order valence-electron chi connectivity index (χ3n) is 3.68. The third-order valence-corrected chi connectivity index (χ3v) is 4.71. The number of nitrogens with zero attached hydrogens (tertiary/aromatic N) is 5. The van der Waals surface area contributed by atoms with Crippen LogP contribution in [0.25, 0.3) is 11.4 Å². The van der Waals surface area contributed by atoms with Crippen molar-refractivity contribution in [1.29, 1.82) is 0 Å². The predicted octanol–water partition coefficient (Wildman–Crippen LogP) is 3.21. The van der Waals surface area contributed by atoms with Gasteiger partial charge in [0, 0.05) is 28.2 Å². The molecule has 0 saturated carbocycles. The number of hydrogen-bond acceptors (Lipinski definition) is 7. The number of methoxy groups -OCH3 is 1. The van der Waals surface area contributed by atoms with E-state index >= 15 is 0 Å². The predicted molar refractivity (Wildman–Crippen MR) is 92.2 cm³/mol. The lowest BCUT2D eigenvalue weighted by Crippen LogP contribution is -1.95. The van der Waals surface area contributed by atoms with Crippen molar-refractivity contribution in [3.63, 3.8) is 0 Å². The molecule has 0 atom stereocenters. The van der Waals surface area contributed by atoms with Gasteiger partial charge in [-0.25, -0.2) is 0 Å². The van der Waals surface area contributed by atoms with Crippen molar-refractivity contribution in [2.24, 2.45) is 5.10 Å². The molecule has 0 N–H and O–H groups in total. The largest absolute Gasteiger partial charge is 0.497 e. The maximum absolute atomic E-state index is 10.9. The molecule has 4 rings (SSSR count). The van der Waals surface area contributed by atoms with E-state index in [9.17, 15) is 10.1 Å². The number of aromatic nitrogens is 3. The van der Waals surface area contributed by atoms with Gasteiger partial charge < -0.3 is 4.74 Å². The van der Waals surface area contributed by atoms with Crippen molar-refractivity contribution >= 4 is 23.7 Å². The first-order valence-corrected chi connectivity index (χ1v) is 8.08. The Hall–Kier alpha value is -3.20. The first-order valence-electron chi connectivity index (χ1n) is 7.26. The molecule has 0 amide bonds. The summed E-state index contributed by atoms with van der Waals surface area (Å²) in [4.78, 5) is 11.4. The lowest BCUT2D eigenvalue weighted by Gasteiger charge is -2.03. The van der Waals surface area contributed by atoms with Gasteiger partial charge in [-0.3, -0.25) is 10.1 Å². The summed E-state index contributed by atoms with van der Waals surface area (Å²) in [5.74, 6) is 1.33. The van der Waals surface area contributed by atoms with E-state index in [2.05, 4.69) is 15.3 Å². The summed E-state index contributed by atoms with van der Waals surface area (Å²) in [6, 6.07) is 12.1. The molecular formula is C16H11N5O3S. The highest BCUT2D eigenvalue weighted by Crippen LogP contribution is 2.35. The zero-order chi connectivity index (χ0) is 17.4. The fourth-order valence-corrected chi connectivity index (χ4v) is 3.28. The molecule has 0 fully saturated rings. The van der Waals surface area contributed by atoms with Gasteiger partial charge in [0.05, 0.1) is 18.2 Å². The first kappa shape index (κ1) is 15.3. The molecule has 1 aromatic heterocycles. The van der Waals surface area contributed by atoms with Crippen LogP contribution in [0.3, 0.4) is 0 Å². The Labute approximate surface area is 146 Å². The number of benzene rings is 2. The highest BCUT2D eigenvalue weighted by Gasteiger charge is 2.20. The van der Waals surface area contributed by atoms with Crippen LogP contribution in [0, 0.1) is 10.1 Å². The van der Waals surface area contributed by atoms with Crippen LogP contribution in [0.15, 0.2) is 57.6 Å². The molecule has 8 nitrogen and oxygen atoms in total. The summed E-state index contributed by atoms with van der Waals surface area (Å²) in [6.45, 7) is 0. The number of hydrogen-bond donors (Lipinski definition) is 0. The van der Waals surface area contributed by atoms with Gasteiger partial charge in [0.15, 0.2) is 5.82 Å². The number of nitro groups is 1. The molecule has 124 valence electrons. The molecule has 0 unspecified atom stereocenters. The van der Waals surface area contributed by atoms with Gasteiger partial charge in [0.25, 0.3) is 5.69 Å². The molecule has 0 saturated heterocycles. The topological polar surface area (TPSA) is 95.4 Å². The Bertz CT molecular complexity index is 998. The fraction of sp³-hybridized carbons (Fsp3) is 0.0625. The third kappa shape index (κ3) is 2.74. The molecule has 1 aliphatic rings. The minimum atomic E-state index is -0.424. The Morgan fingerprint density at radius 1 is 1.16 bits per heavy atom. The highest BCUT2D eigenvalue weighted by molar-refractivity contribution is 7.99. The smallest absolute Gasteiger partial charge is 0.270 e. The average molecular weight is 353 g/mol. The van der Waals surface area contributed by atoms with Gasteiger partial charge in [-0.2, -0.15) is 9.78 Å². The highest BCUT2D eigenvalue weighted by atomic mass is 32.2. The van der Waals surface area contributed by atoms with Crippen molar-refractivity contribution in [2.45, 2.75) is 10.1 Å². The second-order valence-electron chi connectivity index (χ2n) is 5.17. The van der Waals surface area contributed by atoms with E-state index in [-0.39, 0.29) is 5.69 Å². The van der Waals surface area contributed by atoms with Gasteiger partial charge >= 0.3 is 0 Å². The second-order valence-corrected chi connectivity index (χ2v) is 6.18. The van der Waals surface area contributed by atoms with Crippen molar-refractivity contribution in [3.05, 3.63) is 58.1 Å². The van der Waals surface area contributed by atoms with E-state index in [1.54, 1.807) is 24.1 Å². The molecular weight excluding hydrogens is 342 g/mol. The molecule has 2 aromatic carbocycles. The summed E-state index contributed by atoms with van der Waals surface area (Å²) >= 11 is 1.36. The summed E-state index contributed by atoms with van der Waals surface area (Å²) in [5.41, 5.74) is 1.54. The molecule has 9 heteroatoms. The summed E-state index contributed by atoms with van der Waals surface area (Å²) in [6.07, 6.45) is 1.59. The van der Waals surface area contributed by atoms with Crippen molar-refractivity contribution in [2.75, 3.05) is 7.11 Å². The maximum Gasteiger partial charge on any atom is 0.270 e. The molecule has 2 heterocycles. The van der Waals surface area contributed by atoms with Crippen LogP contribution in [-0.4, -0.2) is 33.1 Å². The normalized spacial score (nSPS) is 12.2. The van der Waals surface area contributed by atoms with E-state index in [4.69, 9.17) is 4.74 Å². The van der Waals surface area contributed by atoms with Gasteiger partial charge in [-0.05, 0) is 42.1 Å². The Balaban J connectivity index is 1.75. The number of ether oxygens (including phenoxy) is 1. The Kier molecular flexibility index (Phi) is 3.69. The zero-order valence-electron chi connectivity index (χ0n) is 13.0. The number of nitro benzene ring substituents is 1. The van der Waals surface area contributed by atoms with E-state index in [1.165, 1.54) is 23.9 Å². The summed E-state index contributed by atoms with van der Waals surface area (Å²) < 4.78 is 6.78. The Morgan fingerprint density at radius 2 is 1.96 bits per heavy atom. The molecule has 0 spiro atoms. The quantitative estimate of drug-likeness (QED) is 0.414. The number of fused-ring (bicyclic) bond motifs is 2. The van der Waals surface area contributed by atoms with E-state index < -0.39 is 4.92 Å². The second kappa shape index (κ2) is 6.02. The van der Waals surface area contributed by atoms with Crippen LogP contribution in [0.1, 0.15) is 5.56 Å². The standard InChI is InChI=1S/C16H11N5O3S/c1-24-13-5-2-10(3-6-13)15-18-19-16-20(15)17-9-11-8-12(21(22)23)4-7-14(11)25-16/h2-9H,1H3. The molecule has 0 aliphatic carbocycles. The van der Waals surface area contributed by atoms with Crippen LogP contribution >= 0.6 is 11.8 Å². The van der Waals surface area contributed by atoms with Crippen molar-refractivity contribution < 1.29 is 9.66 Å². The lowest BCUT2D eigenvalue weighted by molar-refractivity contribution is -0.384.